The second kappa shape index (κ2) is 6.62. The number of rotatable bonds is 4. The Morgan fingerprint density at radius 2 is 1.83 bits per heavy atom. The predicted molar refractivity (Wildman–Crippen MR) is 87.8 cm³/mol. The molecule has 0 radical (unpaired) electrons. The van der Waals surface area contributed by atoms with Crippen molar-refractivity contribution in [2.24, 2.45) is 0 Å². The van der Waals surface area contributed by atoms with Crippen LogP contribution >= 0.6 is 0 Å². The van der Waals surface area contributed by atoms with Gasteiger partial charge in [0.25, 0.3) is 0 Å². The van der Waals surface area contributed by atoms with E-state index in [2.05, 4.69) is 15.0 Å². The van der Waals surface area contributed by atoms with E-state index in [0.29, 0.717) is 40.3 Å². The van der Waals surface area contributed by atoms with E-state index in [4.69, 9.17) is 5.41 Å². The van der Waals surface area contributed by atoms with Crippen molar-refractivity contribution < 1.29 is 8.78 Å². The molecule has 0 saturated heterocycles. The molecule has 2 heterocycles. The number of hydrogen-bond donors (Lipinski definition) is 1. The van der Waals surface area contributed by atoms with Crippen molar-refractivity contribution in [1.82, 2.24) is 15.0 Å². The molecule has 0 spiro atoms. The third kappa shape index (κ3) is 3.03. The van der Waals surface area contributed by atoms with Crippen molar-refractivity contribution in [3.63, 3.8) is 0 Å². The summed E-state index contributed by atoms with van der Waals surface area (Å²) in [6.07, 6.45) is 4.76. The highest BCUT2D eigenvalue weighted by Gasteiger charge is 2.15. The van der Waals surface area contributed by atoms with Crippen LogP contribution in [0.25, 0.3) is 22.5 Å². The fraction of sp³-hybridized carbons (Fsp3) is 0.111. The van der Waals surface area contributed by atoms with Gasteiger partial charge < -0.3 is 5.41 Å². The normalized spacial score (nSPS) is 10.6. The third-order valence-electron chi connectivity index (χ3n) is 3.60. The lowest BCUT2D eigenvalue weighted by atomic mass is 9.99. The molecule has 0 bridgehead atoms. The summed E-state index contributed by atoms with van der Waals surface area (Å²) in [6, 6.07) is 7.61. The molecule has 1 aromatic carbocycles. The summed E-state index contributed by atoms with van der Waals surface area (Å²) in [5.41, 5.74) is 2.93. The van der Waals surface area contributed by atoms with Crippen molar-refractivity contribution in [1.29, 1.82) is 5.41 Å². The van der Waals surface area contributed by atoms with E-state index in [1.54, 1.807) is 31.5 Å². The maximum Gasteiger partial charge on any atom is 0.159 e. The molecule has 0 aliphatic heterocycles. The van der Waals surface area contributed by atoms with Gasteiger partial charge in [-0.25, -0.2) is 18.7 Å². The van der Waals surface area contributed by atoms with Crippen LogP contribution in [0.3, 0.4) is 0 Å². The minimum absolute atomic E-state index is 0.327. The summed E-state index contributed by atoms with van der Waals surface area (Å²) in [6.45, 7) is 1.71. The Bertz CT molecular complexity index is 909. The van der Waals surface area contributed by atoms with Gasteiger partial charge >= 0.3 is 0 Å². The van der Waals surface area contributed by atoms with Crippen molar-refractivity contribution in [2.45, 2.75) is 13.3 Å². The van der Waals surface area contributed by atoms with Crippen LogP contribution in [0.1, 0.15) is 11.4 Å². The first-order chi connectivity index (χ1) is 11.6. The molecule has 0 amide bonds. The van der Waals surface area contributed by atoms with Crippen LogP contribution in [0.4, 0.5) is 8.78 Å². The largest absolute Gasteiger partial charge is 0.313 e. The fourth-order valence-corrected chi connectivity index (χ4v) is 2.47. The average molecular weight is 324 g/mol. The quantitative estimate of drug-likeness (QED) is 0.738. The molecule has 6 heteroatoms. The summed E-state index contributed by atoms with van der Waals surface area (Å²) in [7, 11) is 0. The summed E-state index contributed by atoms with van der Waals surface area (Å²) >= 11 is 0. The monoisotopic (exact) mass is 324 g/mol. The standard InChI is InChI=1S/C18H14F2N4/c1-11-9-14(19)15(20)10-13(11)18-12(3-2-7-23-18)16-5-8-22-17(24-16)4-6-21/h2-3,5-10,21H,4H2,1H3. The molecule has 1 N–H and O–H groups in total. The molecule has 3 aromatic rings. The lowest BCUT2D eigenvalue weighted by molar-refractivity contribution is 0.508. The third-order valence-corrected chi connectivity index (χ3v) is 3.60. The Hall–Kier alpha value is -3.02. The van der Waals surface area contributed by atoms with Gasteiger partial charge in [-0.05, 0) is 42.8 Å². The highest BCUT2D eigenvalue weighted by atomic mass is 19.2. The Kier molecular flexibility index (Phi) is 4.37. The smallest absolute Gasteiger partial charge is 0.159 e. The van der Waals surface area contributed by atoms with Crippen LogP contribution in [0, 0.1) is 24.0 Å². The minimum Gasteiger partial charge on any atom is -0.313 e. The van der Waals surface area contributed by atoms with Gasteiger partial charge in [0.2, 0.25) is 0 Å². The van der Waals surface area contributed by atoms with E-state index < -0.39 is 11.6 Å². The van der Waals surface area contributed by atoms with Crippen LogP contribution in [0.15, 0.2) is 42.7 Å². The van der Waals surface area contributed by atoms with E-state index in [0.717, 1.165) is 12.1 Å². The molecular formula is C18H14F2N4. The number of nitrogens with one attached hydrogen (secondary N) is 1. The molecule has 0 fully saturated rings. The van der Waals surface area contributed by atoms with E-state index in [1.165, 1.54) is 6.21 Å². The second-order valence-electron chi connectivity index (χ2n) is 5.25. The zero-order chi connectivity index (χ0) is 17.1. The molecule has 3 rings (SSSR count). The predicted octanol–water partition coefficient (Wildman–Crippen LogP) is 3.98. The molecule has 4 nitrogen and oxygen atoms in total. The number of benzene rings is 1. The average Bonchev–Trinajstić information content (AvgIpc) is 2.59. The summed E-state index contributed by atoms with van der Waals surface area (Å²) in [5.74, 6) is -1.29. The van der Waals surface area contributed by atoms with Crippen LogP contribution in [-0.4, -0.2) is 21.2 Å². The van der Waals surface area contributed by atoms with Crippen molar-refractivity contribution >= 4 is 6.21 Å². The van der Waals surface area contributed by atoms with E-state index in [-0.39, 0.29) is 0 Å². The highest BCUT2D eigenvalue weighted by Crippen LogP contribution is 2.32. The number of aryl methyl sites for hydroxylation is 1. The summed E-state index contributed by atoms with van der Waals surface area (Å²) < 4.78 is 27.1. The molecule has 0 saturated carbocycles. The van der Waals surface area contributed by atoms with Crippen molar-refractivity contribution in [2.75, 3.05) is 0 Å². The first-order valence-electron chi connectivity index (χ1n) is 7.32. The van der Waals surface area contributed by atoms with Crippen LogP contribution in [0.5, 0.6) is 0 Å². The Balaban J connectivity index is 2.17. The number of halogens is 2. The first-order valence-corrected chi connectivity index (χ1v) is 7.32. The Morgan fingerprint density at radius 3 is 2.62 bits per heavy atom. The van der Waals surface area contributed by atoms with Crippen LogP contribution in [0.2, 0.25) is 0 Å². The second-order valence-corrected chi connectivity index (χ2v) is 5.25. The lowest BCUT2D eigenvalue weighted by Gasteiger charge is -2.11. The van der Waals surface area contributed by atoms with Gasteiger partial charge in [-0.3, -0.25) is 4.98 Å². The molecule has 24 heavy (non-hydrogen) atoms. The highest BCUT2D eigenvalue weighted by molar-refractivity contribution is 5.80. The maximum absolute atomic E-state index is 13.7. The Labute approximate surface area is 137 Å². The lowest BCUT2D eigenvalue weighted by Crippen LogP contribution is -1.99. The molecule has 120 valence electrons. The van der Waals surface area contributed by atoms with Gasteiger partial charge in [-0.2, -0.15) is 0 Å². The summed E-state index contributed by atoms with van der Waals surface area (Å²) in [5, 5.41) is 7.17. The molecule has 0 unspecified atom stereocenters. The van der Waals surface area contributed by atoms with E-state index in [1.807, 2.05) is 6.07 Å². The molecular weight excluding hydrogens is 310 g/mol. The van der Waals surface area contributed by atoms with Crippen LogP contribution in [-0.2, 0) is 6.42 Å². The minimum atomic E-state index is -0.917. The van der Waals surface area contributed by atoms with Gasteiger partial charge in [-0.1, -0.05) is 0 Å². The zero-order valence-electron chi connectivity index (χ0n) is 12.9. The number of pyridine rings is 1. The van der Waals surface area contributed by atoms with Gasteiger partial charge in [0.15, 0.2) is 11.6 Å². The van der Waals surface area contributed by atoms with Gasteiger partial charge in [-0.15, -0.1) is 0 Å². The topological polar surface area (TPSA) is 62.5 Å². The van der Waals surface area contributed by atoms with Crippen LogP contribution < -0.4 is 0 Å². The Morgan fingerprint density at radius 1 is 1.04 bits per heavy atom. The van der Waals surface area contributed by atoms with Gasteiger partial charge in [0.1, 0.15) is 5.82 Å². The van der Waals surface area contributed by atoms with Crippen molar-refractivity contribution in [3.8, 4) is 22.5 Å². The molecule has 0 atom stereocenters. The number of nitrogens with zero attached hydrogens (tertiary/aromatic N) is 3. The molecule has 0 aliphatic carbocycles. The molecule has 2 aromatic heterocycles. The van der Waals surface area contributed by atoms with E-state index in [9.17, 15) is 8.78 Å². The first kappa shape index (κ1) is 15.9. The summed E-state index contributed by atoms with van der Waals surface area (Å²) in [4.78, 5) is 12.9. The maximum atomic E-state index is 13.7. The number of aromatic nitrogens is 3. The van der Waals surface area contributed by atoms with Gasteiger partial charge in [0.05, 0.1) is 11.4 Å². The zero-order valence-corrected chi connectivity index (χ0v) is 12.9. The van der Waals surface area contributed by atoms with E-state index >= 15 is 0 Å². The number of hydrogen-bond acceptors (Lipinski definition) is 4. The van der Waals surface area contributed by atoms with Crippen molar-refractivity contribution in [3.05, 3.63) is 65.7 Å². The van der Waals surface area contributed by atoms with Gasteiger partial charge in [0, 0.05) is 36.2 Å². The molecule has 0 aliphatic rings. The SMILES string of the molecule is Cc1cc(F)c(F)cc1-c1ncccc1-c1ccnc(CC=N)n1. The fourth-order valence-electron chi connectivity index (χ4n) is 2.47.